The third-order valence-corrected chi connectivity index (χ3v) is 1.73. The topological polar surface area (TPSA) is 55.5 Å². The molecule has 3 heteroatoms. The van der Waals surface area contributed by atoms with E-state index < -0.39 is 5.60 Å². The second-order valence-corrected chi connectivity index (χ2v) is 3.30. The first-order chi connectivity index (χ1) is 6.14. The number of nitrogens with two attached hydrogens (primary N) is 1. The Kier molecular flexibility index (Phi) is 3.28. The van der Waals surface area contributed by atoms with Gasteiger partial charge in [0.25, 0.3) is 0 Å². The lowest BCUT2D eigenvalue weighted by Crippen LogP contribution is -2.40. The summed E-state index contributed by atoms with van der Waals surface area (Å²) in [6.07, 6.45) is 0. The molecule has 72 valence electrons. The number of para-hydroxylation sites is 1. The number of hydrogen-bond acceptors (Lipinski definition) is 3. The van der Waals surface area contributed by atoms with Gasteiger partial charge in [-0.3, -0.25) is 0 Å². The molecule has 0 heterocycles. The van der Waals surface area contributed by atoms with E-state index in [1.54, 1.807) is 6.92 Å². The molecule has 0 aromatic heterocycles. The van der Waals surface area contributed by atoms with E-state index in [9.17, 15) is 5.11 Å². The Labute approximate surface area is 78.1 Å². The lowest BCUT2D eigenvalue weighted by atomic mass is 10.1. The highest BCUT2D eigenvalue weighted by Crippen LogP contribution is 2.11. The lowest BCUT2D eigenvalue weighted by Gasteiger charge is -2.21. The van der Waals surface area contributed by atoms with Crippen LogP contribution in [0.15, 0.2) is 30.3 Å². The molecule has 3 nitrogen and oxygen atoms in total. The Balaban J connectivity index is 2.44. The van der Waals surface area contributed by atoms with Crippen LogP contribution in [0.4, 0.5) is 0 Å². The summed E-state index contributed by atoms with van der Waals surface area (Å²) in [4.78, 5) is 0. The molecule has 0 saturated carbocycles. The number of hydrogen-bond donors (Lipinski definition) is 2. The molecule has 0 fully saturated rings. The first-order valence-electron chi connectivity index (χ1n) is 4.24. The third kappa shape index (κ3) is 3.44. The average molecular weight is 181 g/mol. The van der Waals surface area contributed by atoms with Crippen molar-refractivity contribution < 1.29 is 9.84 Å². The van der Waals surface area contributed by atoms with E-state index in [0.29, 0.717) is 0 Å². The zero-order valence-electron chi connectivity index (χ0n) is 7.73. The molecule has 0 aliphatic carbocycles. The Hall–Kier alpha value is -1.06. The van der Waals surface area contributed by atoms with Gasteiger partial charge in [-0.1, -0.05) is 18.2 Å². The smallest absolute Gasteiger partial charge is 0.119 e. The van der Waals surface area contributed by atoms with Crippen LogP contribution in [0.3, 0.4) is 0 Å². The maximum Gasteiger partial charge on any atom is 0.119 e. The number of ether oxygens (including phenoxy) is 1. The molecular weight excluding hydrogens is 166 g/mol. The van der Waals surface area contributed by atoms with Crippen LogP contribution in [0.1, 0.15) is 6.92 Å². The molecule has 1 unspecified atom stereocenters. The van der Waals surface area contributed by atoms with Gasteiger partial charge in [0, 0.05) is 6.54 Å². The highest BCUT2D eigenvalue weighted by Gasteiger charge is 2.18. The fourth-order valence-electron chi connectivity index (χ4n) is 0.814. The average Bonchev–Trinajstić information content (AvgIpc) is 2.17. The van der Waals surface area contributed by atoms with Gasteiger partial charge in [-0.05, 0) is 19.1 Å². The molecule has 0 aliphatic rings. The molecule has 3 N–H and O–H groups in total. The van der Waals surface area contributed by atoms with Crippen molar-refractivity contribution in [1.82, 2.24) is 0 Å². The first-order valence-corrected chi connectivity index (χ1v) is 4.24. The molecule has 0 saturated heterocycles. The maximum absolute atomic E-state index is 9.53. The van der Waals surface area contributed by atoms with Crippen molar-refractivity contribution in [1.29, 1.82) is 0 Å². The van der Waals surface area contributed by atoms with E-state index in [1.165, 1.54) is 0 Å². The summed E-state index contributed by atoms with van der Waals surface area (Å²) in [6, 6.07) is 9.35. The Morgan fingerprint density at radius 1 is 1.38 bits per heavy atom. The molecule has 1 atom stereocenters. The predicted octanol–water partition coefficient (Wildman–Crippen LogP) is 0.775. The summed E-state index contributed by atoms with van der Waals surface area (Å²) < 4.78 is 5.33. The van der Waals surface area contributed by atoms with E-state index in [4.69, 9.17) is 10.5 Å². The van der Waals surface area contributed by atoms with Crippen molar-refractivity contribution in [3.05, 3.63) is 30.3 Å². The van der Waals surface area contributed by atoms with E-state index in [2.05, 4.69) is 0 Å². The zero-order chi connectivity index (χ0) is 9.73. The van der Waals surface area contributed by atoms with Gasteiger partial charge in [0.15, 0.2) is 0 Å². The molecule has 0 spiro atoms. The van der Waals surface area contributed by atoms with E-state index in [0.717, 1.165) is 5.75 Å². The fraction of sp³-hybridized carbons (Fsp3) is 0.400. The number of aliphatic hydroxyl groups is 1. The summed E-state index contributed by atoms with van der Waals surface area (Å²) in [7, 11) is 0. The van der Waals surface area contributed by atoms with Crippen LogP contribution >= 0.6 is 0 Å². The summed E-state index contributed by atoms with van der Waals surface area (Å²) >= 11 is 0. The van der Waals surface area contributed by atoms with Crippen LogP contribution in [0.5, 0.6) is 5.75 Å². The van der Waals surface area contributed by atoms with Gasteiger partial charge in [-0.2, -0.15) is 0 Å². The van der Waals surface area contributed by atoms with Crippen molar-refractivity contribution >= 4 is 0 Å². The summed E-state index contributed by atoms with van der Waals surface area (Å²) in [5.41, 5.74) is 4.39. The third-order valence-electron chi connectivity index (χ3n) is 1.73. The van der Waals surface area contributed by atoms with Crippen molar-refractivity contribution in [3.8, 4) is 5.75 Å². The van der Waals surface area contributed by atoms with Gasteiger partial charge in [-0.15, -0.1) is 0 Å². The largest absolute Gasteiger partial charge is 0.491 e. The van der Waals surface area contributed by atoms with Gasteiger partial charge in [0.2, 0.25) is 0 Å². The molecule has 0 amide bonds. The fourth-order valence-corrected chi connectivity index (χ4v) is 0.814. The van der Waals surface area contributed by atoms with Gasteiger partial charge in [-0.25, -0.2) is 0 Å². The van der Waals surface area contributed by atoms with Gasteiger partial charge in [0.05, 0.1) is 0 Å². The van der Waals surface area contributed by atoms with Gasteiger partial charge < -0.3 is 15.6 Å². The quantitative estimate of drug-likeness (QED) is 0.721. The van der Waals surface area contributed by atoms with Crippen molar-refractivity contribution in [2.75, 3.05) is 13.2 Å². The molecule has 1 rings (SSSR count). The molecule has 1 aromatic carbocycles. The number of benzene rings is 1. The minimum Gasteiger partial charge on any atom is -0.491 e. The molecule has 0 aliphatic heterocycles. The molecular formula is C10H15NO2. The monoisotopic (exact) mass is 181 g/mol. The maximum atomic E-state index is 9.53. The predicted molar refractivity (Wildman–Crippen MR) is 51.6 cm³/mol. The second kappa shape index (κ2) is 4.25. The zero-order valence-corrected chi connectivity index (χ0v) is 7.73. The van der Waals surface area contributed by atoms with Crippen LogP contribution in [0.25, 0.3) is 0 Å². The van der Waals surface area contributed by atoms with Crippen LogP contribution in [0, 0.1) is 0 Å². The normalized spacial score (nSPS) is 15.0. The lowest BCUT2D eigenvalue weighted by molar-refractivity contribution is 0.0196. The highest BCUT2D eigenvalue weighted by molar-refractivity contribution is 5.21. The SMILES string of the molecule is CC(O)(CN)COc1ccccc1. The van der Waals surface area contributed by atoms with Gasteiger partial charge in [0.1, 0.15) is 18.0 Å². The van der Waals surface area contributed by atoms with Crippen LogP contribution in [-0.4, -0.2) is 23.9 Å². The highest BCUT2D eigenvalue weighted by atomic mass is 16.5. The second-order valence-electron chi connectivity index (χ2n) is 3.30. The Morgan fingerprint density at radius 3 is 2.54 bits per heavy atom. The molecule has 13 heavy (non-hydrogen) atoms. The minimum atomic E-state index is -0.949. The summed E-state index contributed by atoms with van der Waals surface area (Å²) in [5, 5.41) is 9.53. The van der Waals surface area contributed by atoms with Crippen LogP contribution in [0.2, 0.25) is 0 Å². The van der Waals surface area contributed by atoms with Crippen molar-refractivity contribution in [3.63, 3.8) is 0 Å². The number of rotatable bonds is 4. The Bertz CT molecular complexity index is 246. The van der Waals surface area contributed by atoms with Crippen LogP contribution in [-0.2, 0) is 0 Å². The first kappa shape index (κ1) is 10.0. The van der Waals surface area contributed by atoms with Crippen molar-refractivity contribution in [2.24, 2.45) is 5.73 Å². The molecule has 0 radical (unpaired) electrons. The van der Waals surface area contributed by atoms with E-state index >= 15 is 0 Å². The van der Waals surface area contributed by atoms with E-state index in [-0.39, 0.29) is 13.2 Å². The standard InChI is InChI=1S/C10H15NO2/c1-10(12,7-11)8-13-9-5-3-2-4-6-9/h2-6,12H,7-8,11H2,1H3. The minimum absolute atomic E-state index is 0.194. The summed E-state index contributed by atoms with van der Waals surface area (Å²) in [6.45, 7) is 2.06. The van der Waals surface area contributed by atoms with E-state index in [1.807, 2.05) is 30.3 Å². The molecule has 1 aromatic rings. The van der Waals surface area contributed by atoms with Crippen LogP contribution < -0.4 is 10.5 Å². The van der Waals surface area contributed by atoms with Gasteiger partial charge >= 0.3 is 0 Å². The summed E-state index contributed by atoms with van der Waals surface area (Å²) in [5.74, 6) is 0.747. The molecule has 0 bridgehead atoms. The van der Waals surface area contributed by atoms with Crippen molar-refractivity contribution in [2.45, 2.75) is 12.5 Å². The Morgan fingerprint density at radius 2 is 2.00 bits per heavy atom.